The van der Waals surface area contributed by atoms with Crippen molar-refractivity contribution in [2.75, 3.05) is 44.8 Å². The lowest BCUT2D eigenvalue weighted by molar-refractivity contribution is -0.145. The number of hydrogen-bond donors (Lipinski definition) is 2. The Morgan fingerprint density at radius 1 is 1.06 bits per heavy atom. The summed E-state index contributed by atoms with van der Waals surface area (Å²) in [7, 11) is 1.65. The largest absolute Gasteiger partial charge is 0.497 e. The number of nitrogens with zero attached hydrogens (tertiary/aromatic N) is 2. The summed E-state index contributed by atoms with van der Waals surface area (Å²) in [6.45, 7) is 6.52. The second-order valence-corrected chi connectivity index (χ2v) is 8.43. The van der Waals surface area contributed by atoms with E-state index in [0.717, 1.165) is 27.9 Å². The van der Waals surface area contributed by atoms with Crippen molar-refractivity contribution < 1.29 is 19.1 Å². The molecule has 180 valence electrons. The molecular weight excluding hydrogens is 432 g/mol. The molecule has 2 atom stereocenters. The first-order valence-corrected chi connectivity index (χ1v) is 11.7. The molecule has 3 aromatic rings. The van der Waals surface area contributed by atoms with Gasteiger partial charge in [-0.15, -0.1) is 0 Å². The highest BCUT2D eigenvalue weighted by molar-refractivity contribution is 5.88. The number of ether oxygens (including phenoxy) is 2. The number of fused-ring (bicyclic) bond motifs is 1. The number of hydrogen-bond acceptors (Lipinski definition) is 5. The summed E-state index contributed by atoms with van der Waals surface area (Å²) in [6, 6.07) is 14.8. The van der Waals surface area contributed by atoms with Crippen LogP contribution in [-0.2, 0) is 9.53 Å². The summed E-state index contributed by atoms with van der Waals surface area (Å²) in [5.41, 5.74) is 3.06. The van der Waals surface area contributed by atoms with Crippen molar-refractivity contribution in [2.45, 2.75) is 25.8 Å². The van der Waals surface area contributed by atoms with Crippen LogP contribution in [0.15, 0.2) is 54.7 Å². The zero-order valence-electron chi connectivity index (χ0n) is 19.9. The highest BCUT2D eigenvalue weighted by atomic mass is 16.5. The van der Waals surface area contributed by atoms with E-state index in [4.69, 9.17) is 9.47 Å². The first-order chi connectivity index (χ1) is 16.5. The predicted molar refractivity (Wildman–Crippen MR) is 132 cm³/mol. The third kappa shape index (κ3) is 4.95. The number of anilines is 1. The Hall–Kier alpha value is -3.68. The number of esters is 1. The molecule has 2 heterocycles. The van der Waals surface area contributed by atoms with Crippen molar-refractivity contribution in [3.05, 3.63) is 60.3 Å². The highest BCUT2D eigenvalue weighted by Crippen LogP contribution is 2.28. The molecule has 1 aliphatic heterocycles. The number of urea groups is 1. The van der Waals surface area contributed by atoms with Crippen LogP contribution in [-0.4, -0.2) is 67.8 Å². The van der Waals surface area contributed by atoms with Gasteiger partial charge >= 0.3 is 12.0 Å². The van der Waals surface area contributed by atoms with Gasteiger partial charge < -0.3 is 29.6 Å². The maximum atomic E-state index is 13.1. The average Bonchev–Trinajstić information content (AvgIpc) is 3.31. The summed E-state index contributed by atoms with van der Waals surface area (Å²) in [4.78, 5) is 33.2. The lowest BCUT2D eigenvalue weighted by atomic mass is 9.93. The van der Waals surface area contributed by atoms with Crippen LogP contribution in [0.5, 0.6) is 5.75 Å². The molecule has 1 aliphatic rings. The Balaban J connectivity index is 1.43. The molecule has 0 radical (unpaired) electrons. The molecule has 2 aromatic carbocycles. The van der Waals surface area contributed by atoms with Gasteiger partial charge in [0.05, 0.1) is 13.7 Å². The fraction of sp³-hybridized carbons (Fsp3) is 0.385. The Morgan fingerprint density at radius 3 is 2.44 bits per heavy atom. The molecule has 4 rings (SSSR count). The topological polar surface area (TPSA) is 86.9 Å². The summed E-state index contributed by atoms with van der Waals surface area (Å²) in [6.07, 6.45) is 1.90. The molecular formula is C26H32N4O4. The fourth-order valence-corrected chi connectivity index (χ4v) is 4.46. The SMILES string of the molecule is CCOC(=O)[C@H](NC(=O)N1CCN(c2ccc(OC)cc2)CC1)[C@@H](C)c1c[nH]c2ccccc12. The molecule has 1 fully saturated rings. The van der Waals surface area contributed by atoms with Gasteiger partial charge in [0.2, 0.25) is 0 Å². The summed E-state index contributed by atoms with van der Waals surface area (Å²) >= 11 is 0. The molecule has 2 N–H and O–H groups in total. The van der Waals surface area contributed by atoms with Gasteiger partial charge in [-0.05, 0) is 42.8 Å². The minimum absolute atomic E-state index is 0.251. The van der Waals surface area contributed by atoms with E-state index in [-0.39, 0.29) is 18.6 Å². The maximum absolute atomic E-state index is 13.1. The molecule has 0 unspecified atom stereocenters. The number of benzene rings is 2. The molecule has 0 bridgehead atoms. The Labute approximate surface area is 199 Å². The van der Waals surface area contributed by atoms with Crippen LogP contribution in [0.4, 0.5) is 10.5 Å². The second-order valence-electron chi connectivity index (χ2n) is 8.43. The summed E-state index contributed by atoms with van der Waals surface area (Å²) < 4.78 is 10.5. The second kappa shape index (κ2) is 10.5. The number of piperazine rings is 1. The van der Waals surface area contributed by atoms with Crippen molar-refractivity contribution in [3.63, 3.8) is 0 Å². The van der Waals surface area contributed by atoms with Crippen molar-refractivity contribution >= 4 is 28.6 Å². The zero-order valence-corrected chi connectivity index (χ0v) is 19.9. The van der Waals surface area contributed by atoms with Gasteiger partial charge in [0.1, 0.15) is 11.8 Å². The van der Waals surface area contributed by atoms with Crippen LogP contribution in [0, 0.1) is 0 Å². The maximum Gasteiger partial charge on any atom is 0.329 e. The number of rotatable bonds is 7. The summed E-state index contributed by atoms with van der Waals surface area (Å²) in [5, 5.41) is 3.99. The average molecular weight is 465 g/mol. The number of aromatic amines is 1. The first-order valence-electron chi connectivity index (χ1n) is 11.7. The van der Waals surface area contributed by atoms with E-state index in [1.54, 1.807) is 18.9 Å². The van der Waals surface area contributed by atoms with Gasteiger partial charge in [0.25, 0.3) is 0 Å². The molecule has 1 aromatic heterocycles. The van der Waals surface area contributed by atoms with Gasteiger partial charge in [0.15, 0.2) is 0 Å². The third-order valence-corrected chi connectivity index (χ3v) is 6.44. The van der Waals surface area contributed by atoms with E-state index in [9.17, 15) is 9.59 Å². The standard InChI is InChI=1S/C26H32N4O4/c1-4-34-25(31)24(18(2)22-17-27-23-8-6-5-7-21(22)23)28-26(32)30-15-13-29(14-16-30)19-9-11-20(33-3)12-10-19/h5-12,17-18,24,27H,4,13-16H2,1-3H3,(H,28,32)/t18-,24+/m0/s1. The quantitative estimate of drug-likeness (QED) is 0.520. The molecule has 2 amide bonds. The minimum atomic E-state index is -0.786. The molecule has 8 nitrogen and oxygen atoms in total. The number of carbonyl (C=O) groups excluding carboxylic acids is 2. The molecule has 1 saturated heterocycles. The normalized spacial score (nSPS) is 15.6. The zero-order chi connectivity index (χ0) is 24.1. The third-order valence-electron chi connectivity index (χ3n) is 6.44. The lowest BCUT2D eigenvalue weighted by Crippen LogP contribution is -2.55. The van der Waals surface area contributed by atoms with E-state index in [0.29, 0.717) is 26.2 Å². The van der Waals surface area contributed by atoms with Crippen LogP contribution in [0.25, 0.3) is 10.9 Å². The van der Waals surface area contributed by atoms with Crippen molar-refractivity contribution in [1.82, 2.24) is 15.2 Å². The van der Waals surface area contributed by atoms with Crippen molar-refractivity contribution in [2.24, 2.45) is 0 Å². The molecule has 0 saturated carbocycles. The smallest absolute Gasteiger partial charge is 0.329 e. The van der Waals surface area contributed by atoms with Crippen LogP contribution < -0.4 is 15.0 Å². The van der Waals surface area contributed by atoms with Crippen molar-refractivity contribution in [1.29, 1.82) is 0 Å². The van der Waals surface area contributed by atoms with E-state index >= 15 is 0 Å². The van der Waals surface area contributed by atoms with Gasteiger partial charge in [-0.3, -0.25) is 0 Å². The van der Waals surface area contributed by atoms with Crippen molar-refractivity contribution in [3.8, 4) is 5.75 Å². The molecule has 8 heteroatoms. The Bertz CT molecular complexity index is 1120. The molecule has 0 spiro atoms. The highest BCUT2D eigenvalue weighted by Gasteiger charge is 2.33. The fourth-order valence-electron chi connectivity index (χ4n) is 4.46. The number of amides is 2. The molecule has 0 aliphatic carbocycles. The number of methoxy groups -OCH3 is 1. The number of para-hydroxylation sites is 1. The van der Waals surface area contributed by atoms with E-state index in [2.05, 4.69) is 15.2 Å². The van der Waals surface area contributed by atoms with E-state index in [1.165, 1.54) is 0 Å². The van der Waals surface area contributed by atoms with E-state index in [1.807, 2.05) is 61.7 Å². The van der Waals surface area contributed by atoms with Gasteiger partial charge in [0, 0.05) is 54.9 Å². The predicted octanol–water partition coefficient (Wildman–Crippen LogP) is 3.74. The number of carbonyl (C=O) groups is 2. The van der Waals surface area contributed by atoms with Crippen LogP contribution >= 0.6 is 0 Å². The summed E-state index contributed by atoms with van der Waals surface area (Å²) in [5.74, 6) is 0.126. The van der Waals surface area contributed by atoms with Crippen LogP contribution in [0.1, 0.15) is 25.3 Å². The van der Waals surface area contributed by atoms with Crippen LogP contribution in [0.3, 0.4) is 0 Å². The van der Waals surface area contributed by atoms with Gasteiger partial charge in [-0.2, -0.15) is 0 Å². The lowest BCUT2D eigenvalue weighted by Gasteiger charge is -2.37. The number of nitrogens with one attached hydrogen (secondary N) is 2. The number of aromatic nitrogens is 1. The minimum Gasteiger partial charge on any atom is -0.497 e. The monoisotopic (exact) mass is 464 g/mol. The van der Waals surface area contributed by atoms with E-state index < -0.39 is 12.0 Å². The van der Waals surface area contributed by atoms with Gasteiger partial charge in [-0.1, -0.05) is 25.1 Å². The van der Waals surface area contributed by atoms with Gasteiger partial charge in [-0.25, -0.2) is 9.59 Å². The Morgan fingerprint density at radius 2 is 1.76 bits per heavy atom. The van der Waals surface area contributed by atoms with Crippen LogP contribution in [0.2, 0.25) is 0 Å². The first kappa shape index (κ1) is 23.5. The number of H-pyrrole nitrogens is 1. The Kier molecular flexibility index (Phi) is 7.25. The molecule has 34 heavy (non-hydrogen) atoms.